The molecular weight excluding hydrogens is 292 g/mol. The van der Waals surface area contributed by atoms with Crippen LogP contribution in [-0.2, 0) is 14.8 Å². The summed E-state index contributed by atoms with van der Waals surface area (Å²) in [5, 5.41) is 9.05. The molecule has 0 radical (unpaired) electrons. The van der Waals surface area contributed by atoms with E-state index in [1.54, 1.807) is 4.90 Å². The quantitative estimate of drug-likeness (QED) is 0.815. The zero-order chi connectivity index (χ0) is 15.5. The molecule has 6 nitrogen and oxygen atoms in total. The summed E-state index contributed by atoms with van der Waals surface area (Å²) >= 11 is 0. The Morgan fingerprint density at radius 2 is 1.95 bits per heavy atom. The van der Waals surface area contributed by atoms with Gasteiger partial charge in [0.25, 0.3) is 0 Å². The zero-order valence-corrected chi connectivity index (χ0v) is 13.5. The highest BCUT2D eigenvalue weighted by atomic mass is 32.2. The molecule has 122 valence electrons. The molecule has 0 aliphatic carbocycles. The lowest BCUT2D eigenvalue weighted by Gasteiger charge is -2.39. The van der Waals surface area contributed by atoms with Crippen LogP contribution in [0.15, 0.2) is 0 Å². The molecule has 7 heteroatoms. The fourth-order valence-electron chi connectivity index (χ4n) is 3.44. The van der Waals surface area contributed by atoms with Crippen LogP contribution in [0.4, 0.5) is 0 Å². The van der Waals surface area contributed by atoms with Crippen LogP contribution in [0.2, 0.25) is 0 Å². The smallest absolute Gasteiger partial charge is 0.241 e. The molecule has 2 unspecified atom stereocenters. The molecule has 0 aromatic heterocycles. The molecule has 21 heavy (non-hydrogen) atoms. The largest absolute Gasteiger partial charge is 0.396 e. The molecule has 0 aromatic carbocycles. The van der Waals surface area contributed by atoms with Crippen molar-refractivity contribution in [3.05, 3.63) is 0 Å². The Bertz CT molecular complexity index is 464. The van der Waals surface area contributed by atoms with Crippen LogP contribution in [0.1, 0.15) is 38.5 Å². The molecule has 2 saturated heterocycles. The molecule has 0 aromatic rings. The van der Waals surface area contributed by atoms with Crippen molar-refractivity contribution < 1.29 is 18.3 Å². The van der Waals surface area contributed by atoms with Gasteiger partial charge in [-0.05, 0) is 38.0 Å². The van der Waals surface area contributed by atoms with Gasteiger partial charge < -0.3 is 10.0 Å². The van der Waals surface area contributed by atoms with Gasteiger partial charge in [-0.15, -0.1) is 0 Å². The van der Waals surface area contributed by atoms with Crippen LogP contribution in [0.3, 0.4) is 0 Å². The van der Waals surface area contributed by atoms with Crippen molar-refractivity contribution in [1.82, 2.24) is 9.21 Å². The number of aliphatic hydroxyl groups excluding tert-OH is 1. The minimum absolute atomic E-state index is 0.0530. The van der Waals surface area contributed by atoms with Crippen molar-refractivity contribution in [1.29, 1.82) is 0 Å². The Morgan fingerprint density at radius 1 is 1.19 bits per heavy atom. The summed E-state index contributed by atoms with van der Waals surface area (Å²) in [7, 11) is -3.34. The van der Waals surface area contributed by atoms with E-state index in [2.05, 4.69) is 0 Å². The van der Waals surface area contributed by atoms with Crippen molar-refractivity contribution in [3.8, 4) is 0 Å². The first-order valence-electron chi connectivity index (χ1n) is 7.80. The van der Waals surface area contributed by atoms with E-state index in [9.17, 15) is 13.2 Å². The minimum Gasteiger partial charge on any atom is -0.396 e. The van der Waals surface area contributed by atoms with Crippen LogP contribution >= 0.6 is 0 Å². The minimum atomic E-state index is -3.34. The second-order valence-corrected chi connectivity index (χ2v) is 8.13. The van der Waals surface area contributed by atoms with Crippen LogP contribution in [0, 0.1) is 5.92 Å². The maximum absolute atomic E-state index is 12.7. The fourth-order valence-corrected chi connectivity index (χ4v) is 4.56. The number of carbonyl (C=O) groups excluding carboxylic acids is 1. The van der Waals surface area contributed by atoms with Gasteiger partial charge in [0.05, 0.1) is 6.26 Å². The van der Waals surface area contributed by atoms with E-state index in [0.717, 1.165) is 25.7 Å². The number of nitrogens with zero attached hydrogens (tertiary/aromatic N) is 2. The second kappa shape index (κ2) is 7.07. The Balaban J connectivity index is 2.06. The zero-order valence-electron chi connectivity index (χ0n) is 12.7. The third kappa shape index (κ3) is 4.17. The van der Waals surface area contributed by atoms with E-state index in [1.807, 2.05) is 0 Å². The highest BCUT2D eigenvalue weighted by Gasteiger charge is 2.37. The molecule has 0 saturated carbocycles. The first kappa shape index (κ1) is 16.7. The topological polar surface area (TPSA) is 77.9 Å². The van der Waals surface area contributed by atoms with Crippen molar-refractivity contribution in [2.45, 2.75) is 44.6 Å². The molecule has 2 aliphatic rings. The number of hydrogen-bond donors (Lipinski definition) is 1. The van der Waals surface area contributed by atoms with Crippen LogP contribution in [0.25, 0.3) is 0 Å². The second-order valence-electron chi connectivity index (χ2n) is 6.19. The monoisotopic (exact) mass is 318 g/mol. The van der Waals surface area contributed by atoms with E-state index < -0.39 is 16.1 Å². The Kier molecular flexibility index (Phi) is 5.62. The fraction of sp³-hybridized carbons (Fsp3) is 0.929. The summed E-state index contributed by atoms with van der Waals surface area (Å²) in [6, 6.07) is -0.526. The molecule has 2 atom stereocenters. The van der Waals surface area contributed by atoms with Crippen molar-refractivity contribution in [3.63, 3.8) is 0 Å². The summed E-state index contributed by atoms with van der Waals surface area (Å²) < 4.78 is 25.1. The van der Waals surface area contributed by atoms with E-state index >= 15 is 0 Å². The Morgan fingerprint density at radius 3 is 2.62 bits per heavy atom. The number of carbonyl (C=O) groups is 1. The third-order valence-corrected chi connectivity index (χ3v) is 5.82. The molecule has 1 N–H and O–H groups in total. The SMILES string of the molecule is CS(=O)(=O)N1CCCCC1C(=O)N1CCCC(CCO)C1. The van der Waals surface area contributed by atoms with Gasteiger partial charge in [-0.2, -0.15) is 4.31 Å². The molecule has 2 fully saturated rings. The number of sulfonamides is 1. The van der Waals surface area contributed by atoms with Gasteiger partial charge in [0.2, 0.25) is 15.9 Å². The number of aliphatic hydroxyl groups is 1. The predicted octanol–water partition coefficient (Wildman–Crippen LogP) is 0.422. The van der Waals surface area contributed by atoms with Gasteiger partial charge in [0.1, 0.15) is 6.04 Å². The van der Waals surface area contributed by atoms with Gasteiger partial charge in [-0.1, -0.05) is 6.42 Å². The number of likely N-dealkylation sites (tertiary alicyclic amines) is 1. The Labute approximate surface area is 127 Å². The first-order valence-corrected chi connectivity index (χ1v) is 9.64. The molecule has 0 bridgehead atoms. The molecule has 2 rings (SSSR count). The summed E-state index contributed by atoms with van der Waals surface area (Å²) in [6.45, 7) is 1.94. The van der Waals surface area contributed by atoms with E-state index in [-0.39, 0.29) is 12.5 Å². The lowest BCUT2D eigenvalue weighted by molar-refractivity contribution is -0.138. The number of piperidine rings is 2. The molecular formula is C14H26N2O4S. The predicted molar refractivity (Wildman–Crippen MR) is 80.2 cm³/mol. The van der Waals surface area contributed by atoms with E-state index in [0.29, 0.717) is 38.4 Å². The van der Waals surface area contributed by atoms with Crippen molar-refractivity contribution >= 4 is 15.9 Å². The lowest BCUT2D eigenvalue weighted by Crippen LogP contribution is -2.54. The normalized spacial score (nSPS) is 28.6. The number of hydrogen-bond acceptors (Lipinski definition) is 4. The summed E-state index contributed by atoms with van der Waals surface area (Å²) in [6.07, 6.45) is 6.20. The molecule has 2 heterocycles. The Hall–Kier alpha value is -0.660. The molecule has 1 amide bonds. The van der Waals surface area contributed by atoms with Gasteiger partial charge >= 0.3 is 0 Å². The highest BCUT2D eigenvalue weighted by Crippen LogP contribution is 2.25. The van der Waals surface area contributed by atoms with Gasteiger partial charge in [0, 0.05) is 26.2 Å². The number of rotatable bonds is 4. The van der Waals surface area contributed by atoms with Gasteiger partial charge in [-0.3, -0.25) is 4.79 Å². The van der Waals surface area contributed by atoms with Crippen molar-refractivity contribution in [2.24, 2.45) is 5.92 Å². The van der Waals surface area contributed by atoms with Crippen LogP contribution in [0.5, 0.6) is 0 Å². The molecule has 0 spiro atoms. The lowest BCUT2D eigenvalue weighted by atomic mass is 9.94. The number of amides is 1. The maximum atomic E-state index is 12.7. The van der Waals surface area contributed by atoms with E-state index in [4.69, 9.17) is 5.11 Å². The summed E-state index contributed by atoms with van der Waals surface area (Å²) in [5.41, 5.74) is 0. The van der Waals surface area contributed by atoms with Crippen LogP contribution < -0.4 is 0 Å². The van der Waals surface area contributed by atoms with Gasteiger partial charge in [-0.25, -0.2) is 8.42 Å². The maximum Gasteiger partial charge on any atom is 0.241 e. The van der Waals surface area contributed by atoms with Gasteiger partial charge in [0.15, 0.2) is 0 Å². The molecule has 2 aliphatic heterocycles. The van der Waals surface area contributed by atoms with Crippen LogP contribution in [-0.4, -0.2) is 67.2 Å². The first-order chi connectivity index (χ1) is 9.93. The summed E-state index contributed by atoms with van der Waals surface area (Å²) in [4.78, 5) is 14.5. The average molecular weight is 318 g/mol. The van der Waals surface area contributed by atoms with Crippen molar-refractivity contribution in [2.75, 3.05) is 32.5 Å². The van der Waals surface area contributed by atoms with E-state index in [1.165, 1.54) is 10.6 Å². The standard InChI is InChI=1S/C14H26N2O4S/c1-21(19,20)16-9-3-2-6-13(16)14(18)15-8-4-5-12(11-15)7-10-17/h12-13,17H,2-11H2,1H3. The highest BCUT2D eigenvalue weighted by molar-refractivity contribution is 7.88. The third-order valence-electron chi connectivity index (χ3n) is 4.53. The summed E-state index contributed by atoms with van der Waals surface area (Å²) in [5.74, 6) is 0.283. The average Bonchev–Trinajstić information content (AvgIpc) is 2.46.